The number of benzene rings is 2. The van der Waals surface area contributed by atoms with Crippen LogP contribution >= 0.6 is 11.6 Å². The first-order chi connectivity index (χ1) is 11.7. The maximum absolute atomic E-state index is 13.0. The number of hydrogen-bond donors (Lipinski definition) is 0. The maximum atomic E-state index is 13.0. The van der Waals surface area contributed by atoms with Crippen LogP contribution in [0.25, 0.3) is 0 Å². The van der Waals surface area contributed by atoms with E-state index in [9.17, 15) is 9.59 Å². The molecule has 1 aliphatic heterocycles. The molecule has 2 atom stereocenters. The lowest BCUT2D eigenvalue weighted by atomic mass is 9.55. The fourth-order valence-electron chi connectivity index (χ4n) is 5.04. The molecule has 0 radical (unpaired) electrons. The summed E-state index contributed by atoms with van der Waals surface area (Å²) in [5, 5.41) is 0. The second-order valence-corrected chi connectivity index (χ2v) is 7.16. The molecule has 0 N–H and O–H groups in total. The first-order valence-electron chi connectivity index (χ1n) is 8.33. The van der Waals surface area contributed by atoms with E-state index in [0.717, 1.165) is 0 Å². The van der Waals surface area contributed by atoms with Gasteiger partial charge in [0.05, 0.1) is 11.8 Å². The van der Waals surface area contributed by atoms with Gasteiger partial charge >= 0.3 is 0 Å². The van der Waals surface area contributed by atoms with E-state index in [1.165, 1.54) is 27.2 Å². The molecule has 2 bridgehead atoms. The summed E-state index contributed by atoms with van der Waals surface area (Å²) in [6.07, 6.45) is 0. The first-order valence-corrected chi connectivity index (χ1v) is 8.86. The third-order valence-corrected chi connectivity index (χ3v) is 6.02. The predicted molar refractivity (Wildman–Crippen MR) is 91.0 cm³/mol. The van der Waals surface area contributed by atoms with Crippen LogP contribution in [0.5, 0.6) is 0 Å². The van der Waals surface area contributed by atoms with Crippen LogP contribution < -0.4 is 0 Å². The fraction of sp³-hybridized carbons (Fsp3) is 0.300. The summed E-state index contributed by atoms with van der Waals surface area (Å²) in [7, 11) is 0. The number of amides is 2. The van der Waals surface area contributed by atoms with Gasteiger partial charge in [-0.25, -0.2) is 0 Å². The molecule has 1 heterocycles. The van der Waals surface area contributed by atoms with Gasteiger partial charge in [-0.2, -0.15) is 0 Å². The molecule has 2 aromatic rings. The Hall–Kier alpha value is -2.13. The number of carbonyl (C=O) groups excluding carboxylic acids is 2. The molecule has 0 aromatic heterocycles. The number of nitrogens with zero attached hydrogens (tertiary/aromatic N) is 1. The van der Waals surface area contributed by atoms with Crippen molar-refractivity contribution in [3.63, 3.8) is 0 Å². The molecule has 1 fully saturated rings. The van der Waals surface area contributed by atoms with Gasteiger partial charge in [-0.05, 0) is 22.3 Å². The van der Waals surface area contributed by atoms with Crippen LogP contribution in [0.3, 0.4) is 0 Å². The average molecular weight is 338 g/mol. The lowest BCUT2D eigenvalue weighted by Gasteiger charge is -2.45. The van der Waals surface area contributed by atoms with Crippen molar-refractivity contribution in [3.05, 3.63) is 70.8 Å². The van der Waals surface area contributed by atoms with Crippen molar-refractivity contribution in [1.29, 1.82) is 0 Å². The zero-order chi connectivity index (χ0) is 16.4. The Balaban J connectivity index is 1.77. The molecular formula is C20H16ClNO2. The van der Waals surface area contributed by atoms with Gasteiger partial charge in [-0.1, -0.05) is 48.5 Å². The highest BCUT2D eigenvalue weighted by Gasteiger charge is 2.61. The van der Waals surface area contributed by atoms with E-state index in [1.807, 2.05) is 24.3 Å². The third-order valence-electron chi connectivity index (χ3n) is 5.85. The summed E-state index contributed by atoms with van der Waals surface area (Å²) < 4.78 is 0. The first kappa shape index (κ1) is 14.2. The summed E-state index contributed by atoms with van der Waals surface area (Å²) in [4.78, 5) is 27.4. The fourth-order valence-corrected chi connectivity index (χ4v) is 5.21. The van der Waals surface area contributed by atoms with Crippen molar-refractivity contribution < 1.29 is 9.59 Å². The molecule has 3 nitrogen and oxygen atoms in total. The normalized spacial score (nSPS) is 29.5. The summed E-state index contributed by atoms with van der Waals surface area (Å²) in [5.41, 5.74) is 4.82. The summed E-state index contributed by atoms with van der Waals surface area (Å²) in [5.74, 6) is -0.430. The molecule has 2 aromatic carbocycles. The van der Waals surface area contributed by atoms with Crippen molar-refractivity contribution in [3.8, 4) is 0 Å². The molecule has 2 amide bonds. The molecule has 0 spiro atoms. The number of alkyl halides is 1. The number of imide groups is 1. The molecule has 24 heavy (non-hydrogen) atoms. The Labute approximate surface area is 145 Å². The molecule has 4 heteroatoms. The zero-order valence-electron chi connectivity index (χ0n) is 13.0. The van der Waals surface area contributed by atoms with Crippen LogP contribution in [0.4, 0.5) is 0 Å². The van der Waals surface area contributed by atoms with Crippen molar-refractivity contribution in [2.45, 2.75) is 11.8 Å². The van der Waals surface area contributed by atoms with Gasteiger partial charge in [0.15, 0.2) is 0 Å². The minimum atomic E-state index is -0.282. The van der Waals surface area contributed by atoms with E-state index >= 15 is 0 Å². The molecule has 6 rings (SSSR count). The van der Waals surface area contributed by atoms with Crippen LogP contribution in [0, 0.1) is 11.8 Å². The molecule has 0 saturated carbocycles. The van der Waals surface area contributed by atoms with Crippen molar-refractivity contribution in [1.82, 2.24) is 4.90 Å². The monoisotopic (exact) mass is 337 g/mol. The highest BCUT2D eigenvalue weighted by Crippen LogP contribution is 2.60. The Bertz CT molecular complexity index is 762. The lowest BCUT2D eigenvalue weighted by molar-refractivity contribution is -0.139. The van der Waals surface area contributed by atoms with Crippen molar-refractivity contribution >= 4 is 23.4 Å². The Kier molecular flexibility index (Phi) is 2.93. The van der Waals surface area contributed by atoms with Crippen LogP contribution in [0.2, 0.25) is 0 Å². The topological polar surface area (TPSA) is 37.4 Å². The van der Waals surface area contributed by atoms with Crippen molar-refractivity contribution in [2.75, 3.05) is 12.4 Å². The van der Waals surface area contributed by atoms with E-state index in [2.05, 4.69) is 24.3 Å². The third kappa shape index (κ3) is 1.58. The number of halogens is 1. The molecular weight excluding hydrogens is 322 g/mol. The quantitative estimate of drug-likeness (QED) is 0.623. The Morgan fingerprint density at radius 1 is 0.750 bits per heavy atom. The van der Waals surface area contributed by atoms with Crippen LogP contribution in [-0.2, 0) is 9.59 Å². The van der Waals surface area contributed by atoms with Gasteiger partial charge in [0.1, 0.15) is 0 Å². The van der Waals surface area contributed by atoms with Gasteiger partial charge in [-0.3, -0.25) is 14.5 Å². The molecule has 120 valence electrons. The van der Waals surface area contributed by atoms with Crippen molar-refractivity contribution in [2.24, 2.45) is 11.8 Å². The lowest BCUT2D eigenvalue weighted by Crippen LogP contribution is -2.41. The van der Waals surface area contributed by atoms with Crippen LogP contribution in [0.1, 0.15) is 34.1 Å². The van der Waals surface area contributed by atoms with E-state index in [4.69, 9.17) is 11.6 Å². The van der Waals surface area contributed by atoms with Gasteiger partial charge in [0, 0.05) is 24.3 Å². The summed E-state index contributed by atoms with van der Waals surface area (Å²) >= 11 is 5.83. The van der Waals surface area contributed by atoms with E-state index in [-0.39, 0.29) is 41.4 Å². The largest absolute Gasteiger partial charge is 0.281 e. The minimum Gasteiger partial charge on any atom is -0.281 e. The molecule has 3 aliphatic carbocycles. The molecule has 0 unspecified atom stereocenters. The van der Waals surface area contributed by atoms with Gasteiger partial charge in [0.2, 0.25) is 11.8 Å². The Morgan fingerprint density at radius 2 is 1.12 bits per heavy atom. The Morgan fingerprint density at radius 3 is 1.46 bits per heavy atom. The van der Waals surface area contributed by atoms with Gasteiger partial charge in [-0.15, -0.1) is 11.6 Å². The zero-order valence-corrected chi connectivity index (χ0v) is 13.7. The highest BCUT2D eigenvalue weighted by molar-refractivity contribution is 6.18. The van der Waals surface area contributed by atoms with Gasteiger partial charge < -0.3 is 0 Å². The summed E-state index contributed by atoms with van der Waals surface area (Å²) in [6, 6.07) is 16.5. The van der Waals surface area contributed by atoms with Gasteiger partial charge in [0.25, 0.3) is 0 Å². The number of likely N-dealkylation sites (tertiary alicyclic amines) is 1. The standard InChI is InChI=1S/C20H16ClNO2/c21-9-10-22-19(23)17-15-11-5-1-2-6-12(11)16(18(17)20(22)24)14-8-4-3-7-13(14)15/h1-8,15-18H,9-10H2/t15?,16?,17-,18+. The minimum absolute atomic E-state index is 0.0239. The highest BCUT2D eigenvalue weighted by atomic mass is 35.5. The summed E-state index contributed by atoms with van der Waals surface area (Å²) in [6.45, 7) is 0.304. The van der Waals surface area contributed by atoms with E-state index < -0.39 is 0 Å². The van der Waals surface area contributed by atoms with Crippen LogP contribution in [-0.4, -0.2) is 29.1 Å². The van der Waals surface area contributed by atoms with Crippen LogP contribution in [0.15, 0.2) is 48.5 Å². The smallest absolute Gasteiger partial charge is 0.234 e. The van der Waals surface area contributed by atoms with E-state index in [1.54, 1.807) is 0 Å². The SMILES string of the molecule is O=C1[C@@H]2C3c4ccccc4C(c4ccccc43)[C@@H]2C(=O)N1CCCl. The molecule has 1 saturated heterocycles. The predicted octanol–water partition coefficient (Wildman–Crippen LogP) is 3.12. The maximum Gasteiger partial charge on any atom is 0.234 e. The number of hydrogen-bond acceptors (Lipinski definition) is 2. The number of rotatable bonds is 2. The second kappa shape index (κ2) is 4.93. The molecule has 4 aliphatic rings. The average Bonchev–Trinajstić information content (AvgIpc) is 2.88. The second-order valence-electron chi connectivity index (χ2n) is 6.78. The number of carbonyl (C=O) groups is 2. The van der Waals surface area contributed by atoms with E-state index in [0.29, 0.717) is 6.54 Å².